The topological polar surface area (TPSA) is 29.1 Å². The van der Waals surface area contributed by atoms with Gasteiger partial charge in [-0.1, -0.05) is 43.7 Å². The SMILES string of the molecule is CCCCC(=O)CNCc1ccccc1. The summed E-state index contributed by atoms with van der Waals surface area (Å²) in [5.74, 6) is 0.313. The van der Waals surface area contributed by atoms with E-state index in [2.05, 4.69) is 24.4 Å². The van der Waals surface area contributed by atoms with Gasteiger partial charge in [-0.2, -0.15) is 0 Å². The first-order valence-corrected chi connectivity index (χ1v) is 5.59. The maximum atomic E-state index is 11.3. The van der Waals surface area contributed by atoms with Crippen molar-refractivity contribution in [1.82, 2.24) is 5.32 Å². The molecule has 1 N–H and O–H groups in total. The van der Waals surface area contributed by atoms with E-state index in [0.29, 0.717) is 18.7 Å². The first-order chi connectivity index (χ1) is 7.33. The van der Waals surface area contributed by atoms with Gasteiger partial charge < -0.3 is 5.32 Å². The zero-order chi connectivity index (χ0) is 10.9. The molecule has 0 heterocycles. The highest BCUT2D eigenvalue weighted by Gasteiger charge is 1.99. The molecule has 1 aromatic carbocycles. The fourth-order valence-corrected chi connectivity index (χ4v) is 1.40. The normalized spacial score (nSPS) is 10.2. The lowest BCUT2D eigenvalue weighted by Crippen LogP contribution is -2.22. The van der Waals surface area contributed by atoms with Gasteiger partial charge in [0.1, 0.15) is 5.78 Å². The van der Waals surface area contributed by atoms with Crippen LogP contribution in [0.1, 0.15) is 31.7 Å². The van der Waals surface area contributed by atoms with Crippen LogP contribution < -0.4 is 5.32 Å². The summed E-state index contributed by atoms with van der Waals surface area (Å²) in [6.45, 7) is 3.37. The largest absolute Gasteiger partial charge is 0.306 e. The molecule has 0 aliphatic rings. The lowest BCUT2D eigenvalue weighted by atomic mass is 10.2. The van der Waals surface area contributed by atoms with Gasteiger partial charge >= 0.3 is 0 Å². The summed E-state index contributed by atoms with van der Waals surface area (Å²) >= 11 is 0. The summed E-state index contributed by atoms with van der Waals surface area (Å²) in [5, 5.41) is 3.16. The minimum absolute atomic E-state index is 0.313. The van der Waals surface area contributed by atoms with Gasteiger partial charge in [-0.25, -0.2) is 0 Å². The van der Waals surface area contributed by atoms with Gasteiger partial charge in [0.2, 0.25) is 0 Å². The molecule has 0 saturated carbocycles. The molecule has 0 atom stereocenters. The lowest BCUT2D eigenvalue weighted by Gasteiger charge is -2.03. The molecule has 1 aromatic rings. The van der Waals surface area contributed by atoms with Crippen LogP contribution in [0.15, 0.2) is 30.3 Å². The number of Topliss-reactive ketones (excluding diaryl/α,β-unsaturated/α-hetero) is 1. The third-order valence-corrected chi connectivity index (χ3v) is 2.30. The van der Waals surface area contributed by atoms with Gasteiger partial charge in [0.05, 0.1) is 6.54 Å². The van der Waals surface area contributed by atoms with Crippen LogP contribution in [0, 0.1) is 0 Å². The molecule has 0 spiro atoms. The number of unbranched alkanes of at least 4 members (excludes halogenated alkanes) is 1. The van der Waals surface area contributed by atoms with Crippen molar-refractivity contribution in [3.63, 3.8) is 0 Å². The van der Waals surface area contributed by atoms with Crippen LogP contribution in [0.25, 0.3) is 0 Å². The average Bonchev–Trinajstić information content (AvgIpc) is 2.28. The predicted octanol–water partition coefficient (Wildman–Crippen LogP) is 2.54. The van der Waals surface area contributed by atoms with Crippen molar-refractivity contribution in [3.8, 4) is 0 Å². The smallest absolute Gasteiger partial charge is 0.146 e. The Hall–Kier alpha value is -1.15. The van der Waals surface area contributed by atoms with E-state index < -0.39 is 0 Å². The Kier molecular flexibility index (Phi) is 5.71. The molecule has 0 saturated heterocycles. The molecule has 0 unspecified atom stereocenters. The summed E-state index contributed by atoms with van der Waals surface area (Å²) in [5.41, 5.74) is 1.22. The van der Waals surface area contributed by atoms with E-state index in [4.69, 9.17) is 0 Å². The Labute approximate surface area is 91.7 Å². The highest BCUT2D eigenvalue weighted by Crippen LogP contribution is 1.98. The Morgan fingerprint density at radius 2 is 2.00 bits per heavy atom. The maximum Gasteiger partial charge on any atom is 0.146 e. The second kappa shape index (κ2) is 7.18. The van der Waals surface area contributed by atoms with Crippen molar-refractivity contribution in [3.05, 3.63) is 35.9 Å². The van der Waals surface area contributed by atoms with Gasteiger partial charge in [0.25, 0.3) is 0 Å². The van der Waals surface area contributed by atoms with E-state index in [1.54, 1.807) is 0 Å². The quantitative estimate of drug-likeness (QED) is 0.741. The minimum Gasteiger partial charge on any atom is -0.306 e. The van der Waals surface area contributed by atoms with E-state index in [9.17, 15) is 4.79 Å². The van der Waals surface area contributed by atoms with Crippen molar-refractivity contribution in [2.45, 2.75) is 32.7 Å². The van der Waals surface area contributed by atoms with Crippen LogP contribution in [0.5, 0.6) is 0 Å². The third-order valence-electron chi connectivity index (χ3n) is 2.30. The Balaban J connectivity index is 2.14. The van der Waals surface area contributed by atoms with Gasteiger partial charge in [0.15, 0.2) is 0 Å². The monoisotopic (exact) mass is 205 g/mol. The first-order valence-electron chi connectivity index (χ1n) is 5.59. The number of carbonyl (C=O) groups is 1. The van der Waals surface area contributed by atoms with E-state index >= 15 is 0 Å². The summed E-state index contributed by atoms with van der Waals surface area (Å²) < 4.78 is 0. The number of carbonyl (C=O) groups excluding carboxylic acids is 1. The van der Waals surface area contributed by atoms with Crippen LogP contribution in [0.2, 0.25) is 0 Å². The second-order valence-corrected chi connectivity index (χ2v) is 3.73. The Morgan fingerprint density at radius 1 is 1.27 bits per heavy atom. The molecule has 2 nitrogen and oxygen atoms in total. The second-order valence-electron chi connectivity index (χ2n) is 3.73. The van der Waals surface area contributed by atoms with Crippen molar-refractivity contribution < 1.29 is 4.79 Å². The third kappa shape index (κ3) is 5.33. The molecule has 0 amide bonds. The molecular formula is C13H19NO. The summed E-state index contributed by atoms with van der Waals surface area (Å²) in [7, 11) is 0. The number of nitrogens with one attached hydrogen (secondary N) is 1. The summed E-state index contributed by atoms with van der Waals surface area (Å²) in [6.07, 6.45) is 2.80. The number of ketones is 1. The minimum atomic E-state index is 0.313. The molecule has 2 heteroatoms. The van der Waals surface area contributed by atoms with Crippen LogP contribution >= 0.6 is 0 Å². The molecule has 0 aromatic heterocycles. The fourth-order valence-electron chi connectivity index (χ4n) is 1.40. The molecule has 0 aliphatic heterocycles. The van der Waals surface area contributed by atoms with Crippen LogP contribution in [0.4, 0.5) is 0 Å². The summed E-state index contributed by atoms with van der Waals surface area (Å²) in [4.78, 5) is 11.3. The van der Waals surface area contributed by atoms with E-state index in [1.807, 2.05) is 18.2 Å². The van der Waals surface area contributed by atoms with Crippen molar-refractivity contribution in [2.75, 3.05) is 6.54 Å². The molecular weight excluding hydrogens is 186 g/mol. The van der Waals surface area contributed by atoms with E-state index in [1.165, 1.54) is 5.56 Å². The maximum absolute atomic E-state index is 11.3. The van der Waals surface area contributed by atoms with E-state index in [0.717, 1.165) is 19.4 Å². The first kappa shape index (κ1) is 11.9. The van der Waals surface area contributed by atoms with Crippen molar-refractivity contribution >= 4 is 5.78 Å². The highest BCUT2D eigenvalue weighted by molar-refractivity contribution is 5.80. The van der Waals surface area contributed by atoms with Crippen molar-refractivity contribution in [1.29, 1.82) is 0 Å². The molecule has 0 radical (unpaired) electrons. The number of hydrogen-bond acceptors (Lipinski definition) is 2. The average molecular weight is 205 g/mol. The fraction of sp³-hybridized carbons (Fsp3) is 0.462. The van der Waals surface area contributed by atoms with Gasteiger partial charge in [-0.05, 0) is 12.0 Å². The lowest BCUT2D eigenvalue weighted by molar-refractivity contribution is -0.118. The molecule has 82 valence electrons. The molecule has 0 bridgehead atoms. The molecule has 1 rings (SSSR count). The number of benzene rings is 1. The molecule has 0 fully saturated rings. The Morgan fingerprint density at radius 3 is 2.67 bits per heavy atom. The van der Waals surface area contributed by atoms with Gasteiger partial charge in [-0.15, -0.1) is 0 Å². The Bertz CT molecular complexity index is 282. The number of hydrogen-bond donors (Lipinski definition) is 1. The molecule has 0 aliphatic carbocycles. The van der Waals surface area contributed by atoms with Crippen LogP contribution in [-0.4, -0.2) is 12.3 Å². The number of rotatable bonds is 7. The predicted molar refractivity (Wildman–Crippen MR) is 62.7 cm³/mol. The molecule has 15 heavy (non-hydrogen) atoms. The van der Waals surface area contributed by atoms with Gasteiger partial charge in [0, 0.05) is 13.0 Å². The van der Waals surface area contributed by atoms with Gasteiger partial charge in [-0.3, -0.25) is 4.79 Å². The van der Waals surface area contributed by atoms with Crippen LogP contribution in [0.3, 0.4) is 0 Å². The van der Waals surface area contributed by atoms with E-state index in [-0.39, 0.29) is 0 Å². The zero-order valence-electron chi connectivity index (χ0n) is 9.33. The van der Waals surface area contributed by atoms with Crippen LogP contribution in [-0.2, 0) is 11.3 Å². The summed E-state index contributed by atoms with van der Waals surface area (Å²) in [6, 6.07) is 10.1. The van der Waals surface area contributed by atoms with Crippen molar-refractivity contribution in [2.24, 2.45) is 0 Å². The highest BCUT2D eigenvalue weighted by atomic mass is 16.1. The zero-order valence-corrected chi connectivity index (χ0v) is 9.33. The standard InChI is InChI=1S/C13H19NO/c1-2-3-9-13(15)11-14-10-12-7-5-4-6-8-12/h4-8,14H,2-3,9-11H2,1H3.